The Kier molecular flexibility index (Phi) is 6.31. The molecule has 0 saturated carbocycles. The molecule has 2 heterocycles. The minimum atomic E-state index is -3.58. The van der Waals surface area contributed by atoms with Crippen LogP contribution in [0.15, 0.2) is 0 Å². The van der Waals surface area contributed by atoms with E-state index >= 15 is 0 Å². The average Bonchev–Trinajstić information content (AvgIpc) is 2.49. The Morgan fingerprint density at radius 2 is 1.00 bits per heavy atom. The standard InChI is InChI=1S/C15H30O8P2/c1-13(2,3)7-18-24(16)20-9-15(10-21-24)11-22-25(17,23-12-15)19-8-14(4,5)6/h7-12H2,1-6H3. The van der Waals surface area contributed by atoms with Crippen LogP contribution < -0.4 is 0 Å². The third-order valence-corrected chi connectivity index (χ3v) is 6.10. The van der Waals surface area contributed by atoms with Crippen LogP contribution in [0.3, 0.4) is 0 Å². The van der Waals surface area contributed by atoms with E-state index in [4.69, 9.17) is 27.1 Å². The van der Waals surface area contributed by atoms with Crippen LogP contribution in [-0.2, 0) is 36.3 Å². The largest absolute Gasteiger partial charge is 0.474 e. The molecule has 0 unspecified atom stereocenters. The van der Waals surface area contributed by atoms with Gasteiger partial charge in [-0.25, -0.2) is 9.13 Å². The summed E-state index contributed by atoms with van der Waals surface area (Å²) in [6.07, 6.45) is 0. The SMILES string of the molecule is CC(C)(C)COP1(=O)OCC2(CO1)COP(=O)(OCC(C)(C)C)OC2. The maximum atomic E-state index is 12.4. The van der Waals surface area contributed by atoms with Gasteiger partial charge in [-0.05, 0) is 10.8 Å². The van der Waals surface area contributed by atoms with Crippen molar-refractivity contribution in [2.24, 2.45) is 16.2 Å². The van der Waals surface area contributed by atoms with Crippen LogP contribution in [0.4, 0.5) is 0 Å². The lowest BCUT2D eigenvalue weighted by molar-refractivity contribution is -0.0987. The fraction of sp³-hybridized carbons (Fsp3) is 1.00. The molecule has 0 aromatic carbocycles. The third-order valence-electron chi connectivity index (χ3n) is 3.43. The lowest BCUT2D eigenvalue weighted by Crippen LogP contribution is -2.46. The first kappa shape index (κ1) is 21.5. The van der Waals surface area contributed by atoms with E-state index in [9.17, 15) is 9.13 Å². The second-order valence-corrected chi connectivity index (χ2v) is 12.5. The first-order valence-electron chi connectivity index (χ1n) is 8.31. The van der Waals surface area contributed by atoms with E-state index in [1.807, 2.05) is 41.5 Å². The van der Waals surface area contributed by atoms with Gasteiger partial charge in [-0.1, -0.05) is 41.5 Å². The van der Waals surface area contributed by atoms with Crippen LogP contribution in [0.25, 0.3) is 0 Å². The fourth-order valence-corrected chi connectivity index (χ4v) is 5.15. The first-order chi connectivity index (χ1) is 11.2. The molecule has 25 heavy (non-hydrogen) atoms. The summed E-state index contributed by atoms with van der Waals surface area (Å²) < 4.78 is 56.9. The Balaban J connectivity index is 1.85. The zero-order valence-electron chi connectivity index (χ0n) is 15.9. The van der Waals surface area contributed by atoms with Crippen LogP contribution in [-0.4, -0.2) is 39.6 Å². The van der Waals surface area contributed by atoms with Gasteiger partial charge >= 0.3 is 15.6 Å². The Morgan fingerprint density at radius 3 is 1.24 bits per heavy atom. The van der Waals surface area contributed by atoms with Crippen molar-refractivity contribution in [3.63, 3.8) is 0 Å². The summed E-state index contributed by atoms with van der Waals surface area (Å²) in [6, 6.07) is 0. The van der Waals surface area contributed by atoms with E-state index < -0.39 is 21.1 Å². The van der Waals surface area contributed by atoms with Crippen LogP contribution in [0.5, 0.6) is 0 Å². The van der Waals surface area contributed by atoms with E-state index in [0.29, 0.717) is 0 Å². The average molecular weight is 400 g/mol. The smallest absolute Gasteiger partial charge is 0.286 e. The minimum Gasteiger partial charge on any atom is -0.286 e. The van der Waals surface area contributed by atoms with Crippen molar-refractivity contribution in [1.29, 1.82) is 0 Å². The normalized spacial score (nSPS) is 37.4. The number of hydrogen-bond acceptors (Lipinski definition) is 8. The Bertz CT molecular complexity index is 485. The Hall–Kier alpha value is 0.220. The van der Waals surface area contributed by atoms with Crippen LogP contribution in [0.1, 0.15) is 41.5 Å². The van der Waals surface area contributed by atoms with Gasteiger partial charge in [-0.15, -0.1) is 0 Å². The molecule has 2 rings (SSSR count). The van der Waals surface area contributed by atoms with E-state index in [1.54, 1.807) is 0 Å². The lowest BCUT2D eigenvalue weighted by atomic mass is 9.93. The Labute approximate surface area is 150 Å². The van der Waals surface area contributed by atoms with Gasteiger partial charge in [0.1, 0.15) is 0 Å². The monoisotopic (exact) mass is 400 g/mol. The quantitative estimate of drug-likeness (QED) is 0.641. The van der Waals surface area contributed by atoms with Gasteiger partial charge in [-0.2, -0.15) is 0 Å². The highest BCUT2D eigenvalue weighted by Crippen LogP contribution is 2.60. The van der Waals surface area contributed by atoms with Gasteiger partial charge in [0.15, 0.2) is 0 Å². The van der Waals surface area contributed by atoms with Gasteiger partial charge in [-0.3, -0.25) is 27.1 Å². The van der Waals surface area contributed by atoms with Crippen molar-refractivity contribution in [3.05, 3.63) is 0 Å². The van der Waals surface area contributed by atoms with Crippen molar-refractivity contribution in [1.82, 2.24) is 0 Å². The molecular weight excluding hydrogens is 370 g/mol. The van der Waals surface area contributed by atoms with Gasteiger partial charge < -0.3 is 0 Å². The third kappa shape index (κ3) is 6.71. The molecular formula is C15H30O8P2. The summed E-state index contributed by atoms with van der Waals surface area (Å²) in [4.78, 5) is 0. The molecule has 0 aromatic rings. The molecule has 148 valence electrons. The van der Waals surface area contributed by atoms with Crippen LogP contribution in [0.2, 0.25) is 0 Å². The lowest BCUT2D eigenvalue weighted by Gasteiger charge is -2.42. The first-order valence-corrected chi connectivity index (χ1v) is 11.2. The topological polar surface area (TPSA) is 89.5 Å². The zero-order chi connectivity index (χ0) is 19.0. The van der Waals surface area contributed by atoms with E-state index in [1.165, 1.54) is 0 Å². The van der Waals surface area contributed by atoms with Crippen LogP contribution in [0, 0.1) is 16.2 Å². The molecule has 10 heteroatoms. The number of hydrogen-bond donors (Lipinski definition) is 0. The molecule has 2 aliphatic heterocycles. The molecule has 0 N–H and O–H groups in total. The second kappa shape index (κ2) is 7.33. The molecule has 0 atom stereocenters. The second-order valence-electron chi connectivity index (χ2n) is 9.16. The predicted molar refractivity (Wildman–Crippen MR) is 92.3 cm³/mol. The molecule has 1 spiro atoms. The molecule has 0 bridgehead atoms. The predicted octanol–water partition coefficient (Wildman–Crippen LogP) is 4.41. The van der Waals surface area contributed by atoms with Gasteiger partial charge in [0, 0.05) is 0 Å². The van der Waals surface area contributed by atoms with Crippen LogP contribution >= 0.6 is 15.6 Å². The minimum absolute atomic E-state index is 0.0771. The van der Waals surface area contributed by atoms with Crippen molar-refractivity contribution in [2.45, 2.75) is 41.5 Å². The molecule has 8 nitrogen and oxygen atoms in total. The Morgan fingerprint density at radius 1 is 0.720 bits per heavy atom. The highest BCUT2D eigenvalue weighted by Gasteiger charge is 2.50. The summed E-state index contributed by atoms with van der Waals surface area (Å²) in [5.74, 6) is 0. The molecule has 2 saturated heterocycles. The summed E-state index contributed by atoms with van der Waals surface area (Å²) >= 11 is 0. The van der Waals surface area contributed by atoms with Crippen molar-refractivity contribution in [2.75, 3.05) is 39.6 Å². The summed E-state index contributed by atoms with van der Waals surface area (Å²) in [5.41, 5.74) is -0.987. The maximum Gasteiger partial charge on any atom is 0.474 e. The van der Waals surface area contributed by atoms with Gasteiger partial charge in [0.05, 0.1) is 45.1 Å². The summed E-state index contributed by atoms with van der Waals surface area (Å²) in [6.45, 7) is 12.6. The fourth-order valence-electron chi connectivity index (χ4n) is 1.88. The van der Waals surface area contributed by atoms with Crippen molar-refractivity contribution < 1.29 is 36.3 Å². The molecule has 2 fully saturated rings. The van der Waals surface area contributed by atoms with E-state index in [2.05, 4.69) is 0 Å². The molecule has 0 aliphatic carbocycles. The summed E-state index contributed by atoms with van der Waals surface area (Å²) in [7, 11) is -7.16. The molecule has 0 radical (unpaired) electrons. The number of phosphoric acid groups is 2. The van der Waals surface area contributed by atoms with Gasteiger partial charge in [0.2, 0.25) is 0 Å². The highest BCUT2D eigenvalue weighted by molar-refractivity contribution is 7.48. The zero-order valence-corrected chi connectivity index (χ0v) is 17.7. The molecule has 0 aromatic heterocycles. The highest BCUT2D eigenvalue weighted by atomic mass is 31.2. The van der Waals surface area contributed by atoms with Gasteiger partial charge in [0.25, 0.3) is 0 Å². The van der Waals surface area contributed by atoms with E-state index in [-0.39, 0.29) is 50.5 Å². The van der Waals surface area contributed by atoms with E-state index in [0.717, 1.165) is 0 Å². The molecule has 2 aliphatic rings. The maximum absolute atomic E-state index is 12.4. The summed E-state index contributed by atoms with van der Waals surface area (Å²) in [5, 5.41) is 0. The molecule has 0 amide bonds. The number of phosphoric ester groups is 2. The van der Waals surface area contributed by atoms with Crippen molar-refractivity contribution >= 4 is 15.6 Å². The number of rotatable bonds is 4. The van der Waals surface area contributed by atoms with Crippen molar-refractivity contribution in [3.8, 4) is 0 Å².